The first-order valence-electron chi connectivity index (χ1n) is 6.21. The molecule has 1 atom stereocenters. The number of nitrogens with one attached hydrogen (secondary N) is 1. The molecule has 4 heteroatoms. The number of likely N-dealkylation sites (N-methyl/N-ethyl adjacent to an activating group) is 1. The van der Waals surface area contributed by atoms with Crippen LogP contribution in [0.3, 0.4) is 0 Å². The molecule has 0 radical (unpaired) electrons. The van der Waals surface area contributed by atoms with E-state index in [1.165, 1.54) is 12.8 Å². The SMILES string of the molecule is CN(C(=O)CNCC1(C)CCCO1)C1CC1. The van der Waals surface area contributed by atoms with Gasteiger partial charge in [0, 0.05) is 26.2 Å². The lowest BCUT2D eigenvalue weighted by atomic mass is 10.0. The lowest BCUT2D eigenvalue weighted by Gasteiger charge is -2.24. The number of hydrogen-bond donors (Lipinski definition) is 1. The lowest BCUT2D eigenvalue weighted by molar-refractivity contribution is -0.129. The molecule has 1 aliphatic heterocycles. The molecular weight excluding hydrogens is 204 g/mol. The summed E-state index contributed by atoms with van der Waals surface area (Å²) in [7, 11) is 1.90. The first kappa shape index (κ1) is 11.9. The summed E-state index contributed by atoms with van der Waals surface area (Å²) >= 11 is 0. The molecule has 92 valence electrons. The Labute approximate surface area is 97.3 Å². The molecule has 0 aromatic heterocycles. The second kappa shape index (κ2) is 4.72. The molecule has 0 bridgehead atoms. The number of carbonyl (C=O) groups is 1. The maximum absolute atomic E-state index is 11.7. The smallest absolute Gasteiger partial charge is 0.236 e. The van der Waals surface area contributed by atoms with E-state index in [1.54, 1.807) is 0 Å². The molecule has 1 heterocycles. The van der Waals surface area contributed by atoms with Crippen molar-refractivity contribution in [1.82, 2.24) is 10.2 Å². The van der Waals surface area contributed by atoms with Crippen molar-refractivity contribution < 1.29 is 9.53 Å². The van der Waals surface area contributed by atoms with Crippen LogP contribution in [0.25, 0.3) is 0 Å². The molecule has 2 rings (SSSR count). The van der Waals surface area contributed by atoms with Crippen LogP contribution < -0.4 is 5.32 Å². The third kappa shape index (κ3) is 2.95. The number of carbonyl (C=O) groups excluding carboxylic acids is 1. The Hall–Kier alpha value is -0.610. The summed E-state index contributed by atoms with van der Waals surface area (Å²) < 4.78 is 5.66. The van der Waals surface area contributed by atoms with Crippen molar-refractivity contribution in [2.45, 2.75) is 44.2 Å². The van der Waals surface area contributed by atoms with Crippen LogP contribution in [-0.4, -0.2) is 49.2 Å². The van der Waals surface area contributed by atoms with Gasteiger partial charge in [0.2, 0.25) is 5.91 Å². The fourth-order valence-electron chi connectivity index (χ4n) is 2.20. The zero-order chi connectivity index (χ0) is 11.6. The van der Waals surface area contributed by atoms with E-state index in [0.717, 1.165) is 26.0 Å². The fraction of sp³-hybridized carbons (Fsp3) is 0.917. The van der Waals surface area contributed by atoms with Crippen molar-refractivity contribution in [3.8, 4) is 0 Å². The van der Waals surface area contributed by atoms with Crippen LogP contribution in [0.5, 0.6) is 0 Å². The molecule has 0 aromatic rings. The first-order valence-corrected chi connectivity index (χ1v) is 6.21. The normalized spacial score (nSPS) is 29.4. The summed E-state index contributed by atoms with van der Waals surface area (Å²) in [5.74, 6) is 0.198. The Balaban J connectivity index is 1.65. The zero-order valence-electron chi connectivity index (χ0n) is 10.3. The molecule has 1 unspecified atom stereocenters. The second-order valence-electron chi connectivity index (χ2n) is 5.24. The largest absolute Gasteiger partial charge is 0.374 e. The van der Waals surface area contributed by atoms with Crippen molar-refractivity contribution in [1.29, 1.82) is 0 Å². The number of hydrogen-bond acceptors (Lipinski definition) is 3. The highest BCUT2D eigenvalue weighted by molar-refractivity contribution is 5.78. The van der Waals surface area contributed by atoms with Crippen LogP contribution in [0.2, 0.25) is 0 Å². The predicted octanol–water partition coefficient (Wildman–Crippen LogP) is 0.766. The van der Waals surface area contributed by atoms with Crippen LogP contribution in [-0.2, 0) is 9.53 Å². The standard InChI is InChI=1S/C12H22N2O2/c1-12(6-3-7-16-12)9-13-8-11(15)14(2)10-4-5-10/h10,13H,3-9H2,1-2H3. The van der Waals surface area contributed by atoms with Gasteiger partial charge in [-0.1, -0.05) is 0 Å². The van der Waals surface area contributed by atoms with Crippen molar-refractivity contribution in [3.63, 3.8) is 0 Å². The molecule has 16 heavy (non-hydrogen) atoms. The van der Waals surface area contributed by atoms with E-state index < -0.39 is 0 Å². The van der Waals surface area contributed by atoms with Crippen LogP contribution >= 0.6 is 0 Å². The molecule has 1 N–H and O–H groups in total. The summed E-state index contributed by atoms with van der Waals surface area (Å²) in [6.45, 7) is 4.18. The van der Waals surface area contributed by atoms with Gasteiger partial charge in [-0.3, -0.25) is 4.79 Å². The lowest BCUT2D eigenvalue weighted by Crippen LogP contribution is -2.43. The number of rotatable bonds is 5. The van der Waals surface area contributed by atoms with Crippen molar-refractivity contribution in [2.75, 3.05) is 26.7 Å². The second-order valence-corrected chi connectivity index (χ2v) is 5.24. The molecular formula is C12H22N2O2. The van der Waals surface area contributed by atoms with Gasteiger partial charge < -0.3 is 15.0 Å². The molecule has 1 aliphatic carbocycles. The molecule has 0 aromatic carbocycles. The van der Waals surface area contributed by atoms with Gasteiger partial charge >= 0.3 is 0 Å². The Bertz CT molecular complexity index is 258. The van der Waals surface area contributed by atoms with Crippen molar-refractivity contribution in [2.24, 2.45) is 0 Å². The maximum Gasteiger partial charge on any atom is 0.236 e. The van der Waals surface area contributed by atoms with Gasteiger partial charge in [0.05, 0.1) is 12.1 Å². The average Bonchev–Trinajstić information content (AvgIpc) is 3.01. The number of amides is 1. The van der Waals surface area contributed by atoms with Crippen LogP contribution in [0, 0.1) is 0 Å². The van der Waals surface area contributed by atoms with Crippen LogP contribution in [0.15, 0.2) is 0 Å². The van der Waals surface area contributed by atoms with E-state index in [2.05, 4.69) is 12.2 Å². The minimum atomic E-state index is -0.0571. The molecule has 1 amide bonds. The third-order valence-electron chi connectivity index (χ3n) is 3.56. The topological polar surface area (TPSA) is 41.6 Å². The molecule has 2 fully saturated rings. The fourth-order valence-corrected chi connectivity index (χ4v) is 2.20. The van der Waals surface area contributed by atoms with Gasteiger partial charge in [-0.15, -0.1) is 0 Å². The van der Waals surface area contributed by atoms with Crippen molar-refractivity contribution >= 4 is 5.91 Å². The van der Waals surface area contributed by atoms with Gasteiger partial charge in [-0.25, -0.2) is 0 Å². The van der Waals surface area contributed by atoms with E-state index in [9.17, 15) is 4.79 Å². The monoisotopic (exact) mass is 226 g/mol. The van der Waals surface area contributed by atoms with Gasteiger partial charge in [-0.05, 0) is 32.6 Å². The number of ether oxygens (including phenoxy) is 1. The first-order chi connectivity index (χ1) is 7.61. The van der Waals surface area contributed by atoms with E-state index >= 15 is 0 Å². The van der Waals surface area contributed by atoms with Gasteiger partial charge in [0.1, 0.15) is 0 Å². The maximum atomic E-state index is 11.7. The summed E-state index contributed by atoms with van der Waals surface area (Å²) in [5.41, 5.74) is -0.0571. The molecule has 0 spiro atoms. The average molecular weight is 226 g/mol. The van der Waals surface area contributed by atoms with Gasteiger partial charge in [-0.2, -0.15) is 0 Å². The Kier molecular flexibility index (Phi) is 3.50. The van der Waals surface area contributed by atoms with Crippen LogP contribution in [0.4, 0.5) is 0 Å². The van der Waals surface area contributed by atoms with E-state index in [1.807, 2.05) is 11.9 Å². The third-order valence-corrected chi connectivity index (χ3v) is 3.56. The van der Waals surface area contributed by atoms with E-state index in [0.29, 0.717) is 12.6 Å². The highest BCUT2D eigenvalue weighted by Gasteiger charge is 2.31. The molecule has 2 aliphatic rings. The minimum Gasteiger partial charge on any atom is -0.374 e. The molecule has 1 saturated carbocycles. The van der Waals surface area contributed by atoms with Gasteiger partial charge in [0.15, 0.2) is 0 Å². The van der Waals surface area contributed by atoms with E-state index in [-0.39, 0.29) is 11.5 Å². The van der Waals surface area contributed by atoms with E-state index in [4.69, 9.17) is 4.74 Å². The Morgan fingerprint density at radius 2 is 2.31 bits per heavy atom. The van der Waals surface area contributed by atoms with Gasteiger partial charge in [0.25, 0.3) is 0 Å². The quantitative estimate of drug-likeness (QED) is 0.752. The highest BCUT2D eigenvalue weighted by atomic mass is 16.5. The van der Waals surface area contributed by atoms with Crippen molar-refractivity contribution in [3.05, 3.63) is 0 Å². The van der Waals surface area contributed by atoms with Crippen LogP contribution in [0.1, 0.15) is 32.6 Å². The number of nitrogens with zero attached hydrogens (tertiary/aromatic N) is 1. The Morgan fingerprint density at radius 3 is 2.88 bits per heavy atom. The summed E-state index contributed by atoms with van der Waals surface area (Å²) in [5, 5.41) is 3.21. The molecule has 1 saturated heterocycles. The Morgan fingerprint density at radius 1 is 1.56 bits per heavy atom. The molecule has 4 nitrogen and oxygen atoms in total. The summed E-state index contributed by atoms with van der Waals surface area (Å²) in [6.07, 6.45) is 4.56. The minimum absolute atomic E-state index is 0.0571. The zero-order valence-corrected chi connectivity index (χ0v) is 10.3. The predicted molar refractivity (Wildman–Crippen MR) is 62.3 cm³/mol. The summed E-state index contributed by atoms with van der Waals surface area (Å²) in [6, 6.07) is 0.507. The summed E-state index contributed by atoms with van der Waals surface area (Å²) in [4.78, 5) is 13.6. The highest BCUT2D eigenvalue weighted by Crippen LogP contribution is 2.25.